The number of hydrogen-bond donors (Lipinski definition) is 1. The van der Waals surface area contributed by atoms with E-state index in [1.807, 2.05) is 44.3 Å². The van der Waals surface area contributed by atoms with Crippen molar-refractivity contribution in [3.8, 4) is 5.75 Å². The molecular weight excluding hydrogens is 385 g/mol. The number of ether oxygens (including phenoxy) is 1. The zero-order valence-electron chi connectivity index (χ0n) is 17.2. The first-order valence-electron chi connectivity index (χ1n) is 9.91. The number of methoxy groups -OCH3 is 1. The first-order valence-corrected chi connectivity index (χ1v) is 9.91. The van der Waals surface area contributed by atoms with Crippen LogP contribution in [0.4, 0.5) is 4.39 Å². The maximum atomic E-state index is 14.4. The van der Waals surface area contributed by atoms with Gasteiger partial charge in [0, 0.05) is 48.5 Å². The van der Waals surface area contributed by atoms with Crippen LogP contribution in [0.15, 0.2) is 48.7 Å². The van der Waals surface area contributed by atoms with Crippen molar-refractivity contribution >= 4 is 22.7 Å². The third-order valence-corrected chi connectivity index (χ3v) is 5.65. The molecule has 2 amide bonds. The maximum absolute atomic E-state index is 14.4. The molecule has 1 aliphatic heterocycles. The third kappa shape index (κ3) is 3.51. The van der Waals surface area contributed by atoms with E-state index >= 15 is 0 Å². The lowest BCUT2D eigenvalue weighted by molar-refractivity contribution is 0.0251. The van der Waals surface area contributed by atoms with Crippen LogP contribution in [0.2, 0.25) is 0 Å². The van der Waals surface area contributed by atoms with Crippen molar-refractivity contribution in [1.29, 1.82) is 0 Å². The molecule has 2 aromatic carbocycles. The lowest BCUT2D eigenvalue weighted by Gasteiger charge is -2.44. The van der Waals surface area contributed by atoms with Gasteiger partial charge in [-0.1, -0.05) is 6.07 Å². The molecule has 1 N–H and O–H groups in total. The topological polar surface area (TPSA) is 65.6 Å². The fourth-order valence-electron chi connectivity index (χ4n) is 4.19. The van der Waals surface area contributed by atoms with Crippen LogP contribution in [0.5, 0.6) is 5.75 Å². The summed E-state index contributed by atoms with van der Waals surface area (Å²) in [4.78, 5) is 32.6. The highest BCUT2D eigenvalue weighted by molar-refractivity contribution is 5.98. The molecule has 0 bridgehead atoms. The minimum atomic E-state index is -0.614. The molecule has 1 aromatic heterocycles. The molecule has 156 valence electrons. The number of aromatic nitrogens is 1. The average Bonchev–Trinajstić information content (AvgIpc) is 3.20. The Balaban J connectivity index is 1.52. The van der Waals surface area contributed by atoms with Crippen molar-refractivity contribution in [2.75, 3.05) is 20.2 Å². The van der Waals surface area contributed by atoms with Gasteiger partial charge >= 0.3 is 0 Å². The second kappa shape index (κ2) is 7.82. The Bertz CT molecular complexity index is 1100. The molecule has 30 heavy (non-hydrogen) atoms. The summed E-state index contributed by atoms with van der Waals surface area (Å²) in [6.07, 6.45) is 1.84. The minimum absolute atomic E-state index is 0.00599. The first-order chi connectivity index (χ1) is 14.4. The number of hydrogen-bond acceptors (Lipinski definition) is 3. The molecule has 2 atom stereocenters. The standard InChI is InChI=1S/C23H24FN3O3/c1-14-12-26(22(28)17-5-4-16-8-9-25-21(16)10-17)13-15(2)27(14)23(29)19-7-6-18(30-3)11-20(19)24/h4-11,14-15,25H,12-13H2,1-3H3/t14-,15-/m1/s1. The molecule has 0 aliphatic carbocycles. The molecule has 0 spiro atoms. The Morgan fingerprint density at radius 1 is 1.03 bits per heavy atom. The highest BCUT2D eigenvalue weighted by atomic mass is 19.1. The van der Waals surface area contributed by atoms with Crippen LogP contribution >= 0.6 is 0 Å². The number of fused-ring (bicyclic) bond motifs is 1. The molecule has 1 aliphatic rings. The van der Waals surface area contributed by atoms with E-state index in [0.29, 0.717) is 24.4 Å². The SMILES string of the molecule is COc1ccc(C(=O)N2[C@H](C)CN(C(=O)c3ccc4cc[nH]c4c3)C[C@H]2C)c(F)c1. The summed E-state index contributed by atoms with van der Waals surface area (Å²) in [7, 11) is 1.45. The number of rotatable bonds is 3. The molecule has 1 saturated heterocycles. The summed E-state index contributed by atoms with van der Waals surface area (Å²) < 4.78 is 19.4. The van der Waals surface area contributed by atoms with Gasteiger partial charge in [0.1, 0.15) is 11.6 Å². The number of aromatic amines is 1. The Morgan fingerprint density at radius 3 is 2.43 bits per heavy atom. The molecule has 4 rings (SSSR count). The van der Waals surface area contributed by atoms with E-state index in [2.05, 4.69) is 4.98 Å². The zero-order valence-corrected chi connectivity index (χ0v) is 17.2. The van der Waals surface area contributed by atoms with Gasteiger partial charge in [-0.15, -0.1) is 0 Å². The van der Waals surface area contributed by atoms with Crippen molar-refractivity contribution in [3.05, 3.63) is 65.6 Å². The van der Waals surface area contributed by atoms with Crippen LogP contribution in [-0.2, 0) is 0 Å². The molecule has 6 nitrogen and oxygen atoms in total. The summed E-state index contributed by atoms with van der Waals surface area (Å²) in [6.45, 7) is 4.53. The quantitative estimate of drug-likeness (QED) is 0.718. The van der Waals surface area contributed by atoms with Gasteiger partial charge in [0.25, 0.3) is 11.8 Å². The number of carbonyl (C=O) groups is 2. The van der Waals surface area contributed by atoms with Gasteiger partial charge in [0.2, 0.25) is 0 Å². The molecule has 0 saturated carbocycles. The largest absolute Gasteiger partial charge is 0.497 e. The Hall–Kier alpha value is -3.35. The highest BCUT2D eigenvalue weighted by Gasteiger charge is 2.36. The average molecular weight is 409 g/mol. The fourth-order valence-corrected chi connectivity index (χ4v) is 4.19. The predicted molar refractivity (Wildman–Crippen MR) is 112 cm³/mol. The smallest absolute Gasteiger partial charge is 0.257 e. The van der Waals surface area contributed by atoms with E-state index in [0.717, 1.165) is 10.9 Å². The van der Waals surface area contributed by atoms with Crippen molar-refractivity contribution in [2.45, 2.75) is 25.9 Å². The number of halogens is 1. The Labute approximate surface area is 174 Å². The summed E-state index contributed by atoms with van der Waals surface area (Å²) >= 11 is 0. The van der Waals surface area contributed by atoms with Crippen LogP contribution in [-0.4, -0.2) is 58.9 Å². The normalized spacial score (nSPS) is 19.2. The third-order valence-electron chi connectivity index (χ3n) is 5.65. The molecule has 3 aromatic rings. The second-order valence-electron chi connectivity index (χ2n) is 7.75. The number of nitrogens with one attached hydrogen (secondary N) is 1. The first kappa shape index (κ1) is 19.9. The van der Waals surface area contributed by atoms with E-state index in [1.54, 1.807) is 15.9 Å². The minimum Gasteiger partial charge on any atom is -0.497 e. The lowest BCUT2D eigenvalue weighted by atomic mass is 10.0. The zero-order chi connectivity index (χ0) is 21.4. The number of nitrogens with zero attached hydrogens (tertiary/aromatic N) is 2. The van der Waals surface area contributed by atoms with E-state index in [9.17, 15) is 14.0 Å². The summed E-state index contributed by atoms with van der Waals surface area (Å²) in [6, 6.07) is 11.3. The van der Waals surface area contributed by atoms with Crippen molar-refractivity contribution < 1.29 is 18.7 Å². The van der Waals surface area contributed by atoms with Crippen molar-refractivity contribution in [3.63, 3.8) is 0 Å². The maximum Gasteiger partial charge on any atom is 0.257 e. The second-order valence-corrected chi connectivity index (χ2v) is 7.75. The van der Waals surface area contributed by atoms with E-state index in [-0.39, 0.29) is 29.5 Å². The van der Waals surface area contributed by atoms with Gasteiger partial charge in [0.05, 0.1) is 12.7 Å². The van der Waals surface area contributed by atoms with Crippen LogP contribution < -0.4 is 4.74 Å². The Kier molecular flexibility index (Phi) is 5.20. The van der Waals surface area contributed by atoms with Crippen LogP contribution in [0.25, 0.3) is 10.9 Å². The summed E-state index contributed by atoms with van der Waals surface area (Å²) in [5, 5.41) is 1.05. The van der Waals surface area contributed by atoms with Gasteiger partial charge in [-0.25, -0.2) is 4.39 Å². The molecule has 7 heteroatoms. The van der Waals surface area contributed by atoms with Crippen LogP contribution in [0.1, 0.15) is 34.6 Å². The lowest BCUT2D eigenvalue weighted by Crippen LogP contribution is -2.59. The van der Waals surface area contributed by atoms with E-state index in [4.69, 9.17) is 4.74 Å². The van der Waals surface area contributed by atoms with Gasteiger partial charge < -0.3 is 19.5 Å². The number of piperazine rings is 1. The molecule has 2 heterocycles. The van der Waals surface area contributed by atoms with Crippen LogP contribution in [0, 0.1) is 5.82 Å². The fraction of sp³-hybridized carbons (Fsp3) is 0.304. The van der Waals surface area contributed by atoms with Crippen molar-refractivity contribution in [2.24, 2.45) is 0 Å². The van der Waals surface area contributed by atoms with Crippen LogP contribution in [0.3, 0.4) is 0 Å². The Morgan fingerprint density at radius 2 is 1.77 bits per heavy atom. The monoisotopic (exact) mass is 409 g/mol. The summed E-state index contributed by atoms with van der Waals surface area (Å²) in [5.74, 6) is -0.709. The molecule has 0 unspecified atom stereocenters. The predicted octanol–water partition coefficient (Wildman–Crippen LogP) is 3.69. The van der Waals surface area contributed by atoms with Gasteiger partial charge in [0.15, 0.2) is 0 Å². The number of H-pyrrole nitrogens is 1. The van der Waals surface area contributed by atoms with Gasteiger partial charge in [-0.05, 0) is 49.6 Å². The number of carbonyl (C=O) groups excluding carboxylic acids is 2. The van der Waals surface area contributed by atoms with Gasteiger partial charge in [-0.3, -0.25) is 9.59 Å². The van der Waals surface area contributed by atoms with E-state index < -0.39 is 5.82 Å². The summed E-state index contributed by atoms with van der Waals surface area (Å²) in [5.41, 5.74) is 1.52. The van der Waals surface area contributed by atoms with Crippen molar-refractivity contribution in [1.82, 2.24) is 14.8 Å². The highest BCUT2D eigenvalue weighted by Crippen LogP contribution is 2.24. The number of amides is 2. The van der Waals surface area contributed by atoms with Gasteiger partial charge in [-0.2, -0.15) is 0 Å². The van der Waals surface area contributed by atoms with E-state index in [1.165, 1.54) is 19.2 Å². The number of benzene rings is 2. The molecular formula is C23H24FN3O3. The molecule has 0 radical (unpaired) electrons. The molecule has 1 fully saturated rings.